The number of piperidine rings is 1. The summed E-state index contributed by atoms with van der Waals surface area (Å²) in [6.45, 7) is 10.8. The Balaban J connectivity index is 1.61. The zero-order chi connectivity index (χ0) is 14.0. The van der Waals surface area contributed by atoms with Crippen LogP contribution in [0.4, 0.5) is 0 Å². The van der Waals surface area contributed by atoms with Crippen molar-refractivity contribution in [2.45, 2.75) is 76.5 Å². The summed E-state index contributed by atoms with van der Waals surface area (Å²) in [4.78, 5) is 5.54. The maximum Gasteiger partial charge on any atom is 0.0692 e. The van der Waals surface area contributed by atoms with E-state index in [4.69, 9.17) is 4.74 Å². The zero-order valence-corrected chi connectivity index (χ0v) is 13.4. The first kappa shape index (κ1) is 14.8. The highest BCUT2D eigenvalue weighted by molar-refractivity contribution is 4.93. The number of fused-ring (bicyclic) bond motifs is 1. The minimum Gasteiger partial charge on any atom is -0.375 e. The molecule has 0 amide bonds. The average Bonchev–Trinajstić information content (AvgIpc) is 2.54. The van der Waals surface area contributed by atoms with Crippen LogP contribution >= 0.6 is 0 Å². The number of hydrogen-bond donors (Lipinski definition) is 0. The lowest BCUT2D eigenvalue weighted by Crippen LogP contribution is -2.59. The Morgan fingerprint density at radius 1 is 0.950 bits per heavy atom. The molecular weight excluding hydrogens is 248 g/mol. The lowest BCUT2D eigenvalue weighted by molar-refractivity contribution is -0.117. The van der Waals surface area contributed by atoms with Crippen molar-refractivity contribution in [3.8, 4) is 0 Å². The van der Waals surface area contributed by atoms with E-state index in [1.165, 1.54) is 71.1 Å². The number of hydrogen-bond acceptors (Lipinski definition) is 3. The number of piperazine rings is 1. The molecule has 3 nitrogen and oxygen atoms in total. The molecule has 2 unspecified atom stereocenters. The Morgan fingerprint density at radius 2 is 1.75 bits per heavy atom. The predicted molar refractivity (Wildman–Crippen MR) is 83.1 cm³/mol. The van der Waals surface area contributed by atoms with Crippen molar-refractivity contribution in [1.82, 2.24) is 9.80 Å². The summed E-state index contributed by atoms with van der Waals surface area (Å²) < 4.78 is 6.15. The van der Waals surface area contributed by atoms with E-state index in [1.54, 1.807) is 0 Å². The standard InChI is InChI=1S/C17H32N2O/c1-3-17(4-2)13-15(8-12-20-17)19-11-10-18-9-6-5-7-16(18)14-19/h15-16H,3-14H2,1-2H3. The normalized spacial score (nSPS) is 35.7. The van der Waals surface area contributed by atoms with Gasteiger partial charge in [0.1, 0.15) is 0 Å². The van der Waals surface area contributed by atoms with Gasteiger partial charge >= 0.3 is 0 Å². The van der Waals surface area contributed by atoms with E-state index >= 15 is 0 Å². The minimum absolute atomic E-state index is 0.173. The van der Waals surface area contributed by atoms with Crippen molar-refractivity contribution in [3.05, 3.63) is 0 Å². The van der Waals surface area contributed by atoms with E-state index in [9.17, 15) is 0 Å². The molecule has 3 aliphatic heterocycles. The molecular formula is C17H32N2O. The van der Waals surface area contributed by atoms with Gasteiger partial charge in [0, 0.05) is 38.3 Å². The van der Waals surface area contributed by atoms with E-state index in [1.807, 2.05) is 0 Å². The van der Waals surface area contributed by atoms with Crippen LogP contribution < -0.4 is 0 Å². The maximum absolute atomic E-state index is 6.15. The molecule has 3 saturated heterocycles. The quantitative estimate of drug-likeness (QED) is 0.790. The summed E-state index contributed by atoms with van der Waals surface area (Å²) in [5.74, 6) is 0. The Morgan fingerprint density at radius 3 is 2.55 bits per heavy atom. The largest absolute Gasteiger partial charge is 0.375 e. The molecule has 0 aliphatic carbocycles. The molecule has 0 aromatic rings. The fraction of sp³-hybridized carbons (Fsp3) is 1.00. The van der Waals surface area contributed by atoms with Crippen LogP contribution in [0, 0.1) is 0 Å². The van der Waals surface area contributed by atoms with Crippen LogP contribution in [0.3, 0.4) is 0 Å². The lowest BCUT2D eigenvalue weighted by atomic mass is 9.84. The molecule has 2 atom stereocenters. The number of ether oxygens (including phenoxy) is 1. The predicted octanol–water partition coefficient (Wildman–Crippen LogP) is 2.89. The van der Waals surface area contributed by atoms with Gasteiger partial charge in [-0.15, -0.1) is 0 Å². The highest BCUT2D eigenvalue weighted by Crippen LogP contribution is 2.35. The van der Waals surface area contributed by atoms with Crippen molar-refractivity contribution in [1.29, 1.82) is 0 Å². The monoisotopic (exact) mass is 280 g/mol. The van der Waals surface area contributed by atoms with E-state index in [-0.39, 0.29) is 5.60 Å². The molecule has 116 valence electrons. The zero-order valence-electron chi connectivity index (χ0n) is 13.4. The van der Waals surface area contributed by atoms with Crippen LogP contribution in [0.25, 0.3) is 0 Å². The molecule has 3 fully saturated rings. The SMILES string of the molecule is CCC1(CC)CC(N2CCN3CCCCC3C2)CCO1. The van der Waals surface area contributed by atoms with Gasteiger partial charge in [-0.1, -0.05) is 20.3 Å². The second kappa shape index (κ2) is 6.33. The van der Waals surface area contributed by atoms with E-state index in [2.05, 4.69) is 23.6 Å². The van der Waals surface area contributed by atoms with E-state index in [0.717, 1.165) is 18.7 Å². The van der Waals surface area contributed by atoms with Crippen molar-refractivity contribution >= 4 is 0 Å². The molecule has 0 aromatic heterocycles. The first-order chi connectivity index (χ1) is 9.76. The van der Waals surface area contributed by atoms with Crippen LogP contribution in [0.5, 0.6) is 0 Å². The molecule has 0 saturated carbocycles. The Kier molecular flexibility index (Phi) is 4.68. The van der Waals surface area contributed by atoms with Crippen molar-refractivity contribution in [2.75, 3.05) is 32.8 Å². The topological polar surface area (TPSA) is 15.7 Å². The molecule has 0 aromatic carbocycles. The summed E-state index contributed by atoms with van der Waals surface area (Å²) in [7, 11) is 0. The third kappa shape index (κ3) is 2.90. The molecule has 3 rings (SSSR count). The smallest absolute Gasteiger partial charge is 0.0692 e. The summed E-state index contributed by atoms with van der Waals surface area (Å²) >= 11 is 0. The molecule has 0 N–H and O–H groups in total. The molecule has 0 radical (unpaired) electrons. The molecule has 3 aliphatic rings. The Hall–Kier alpha value is -0.120. The Bertz CT molecular complexity index is 316. The summed E-state index contributed by atoms with van der Waals surface area (Å²) in [6.07, 6.45) is 9.12. The van der Waals surface area contributed by atoms with Gasteiger partial charge in [-0.25, -0.2) is 0 Å². The van der Waals surface area contributed by atoms with Gasteiger partial charge in [0.15, 0.2) is 0 Å². The van der Waals surface area contributed by atoms with Gasteiger partial charge in [-0.05, 0) is 45.1 Å². The fourth-order valence-corrected chi connectivity index (χ4v) is 4.57. The molecule has 0 bridgehead atoms. The first-order valence-electron chi connectivity index (χ1n) is 8.88. The van der Waals surface area contributed by atoms with Gasteiger partial charge in [0.05, 0.1) is 5.60 Å². The molecule has 20 heavy (non-hydrogen) atoms. The van der Waals surface area contributed by atoms with Gasteiger partial charge in [-0.3, -0.25) is 9.80 Å². The van der Waals surface area contributed by atoms with Gasteiger partial charge < -0.3 is 4.74 Å². The van der Waals surface area contributed by atoms with Crippen LogP contribution in [0.2, 0.25) is 0 Å². The van der Waals surface area contributed by atoms with Crippen molar-refractivity contribution in [2.24, 2.45) is 0 Å². The van der Waals surface area contributed by atoms with E-state index < -0.39 is 0 Å². The fourth-order valence-electron chi connectivity index (χ4n) is 4.57. The third-order valence-corrected chi connectivity index (χ3v) is 6.14. The number of nitrogens with zero attached hydrogens (tertiary/aromatic N) is 2. The average molecular weight is 280 g/mol. The lowest BCUT2D eigenvalue weighted by Gasteiger charge is -2.50. The van der Waals surface area contributed by atoms with Crippen LogP contribution in [-0.4, -0.2) is 60.3 Å². The van der Waals surface area contributed by atoms with Crippen LogP contribution in [0.1, 0.15) is 58.8 Å². The molecule has 3 heteroatoms. The van der Waals surface area contributed by atoms with Gasteiger partial charge in [0.2, 0.25) is 0 Å². The summed E-state index contributed by atoms with van der Waals surface area (Å²) in [6, 6.07) is 1.62. The van der Waals surface area contributed by atoms with Crippen LogP contribution in [-0.2, 0) is 4.74 Å². The minimum atomic E-state index is 0.173. The maximum atomic E-state index is 6.15. The summed E-state index contributed by atoms with van der Waals surface area (Å²) in [5, 5.41) is 0. The van der Waals surface area contributed by atoms with Crippen molar-refractivity contribution in [3.63, 3.8) is 0 Å². The second-order valence-electron chi connectivity index (χ2n) is 7.07. The Labute approximate surface area is 124 Å². The molecule has 3 heterocycles. The molecule has 0 spiro atoms. The van der Waals surface area contributed by atoms with E-state index in [0.29, 0.717) is 0 Å². The highest BCUT2D eigenvalue weighted by atomic mass is 16.5. The van der Waals surface area contributed by atoms with Crippen LogP contribution in [0.15, 0.2) is 0 Å². The first-order valence-corrected chi connectivity index (χ1v) is 8.88. The van der Waals surface area contributed by atoms with Gasteiger partial charge in [0.25, 0.3) is 0 Å². The van der Waals surface area contributed by atoms with Crippen molar-refractivity contribution < 1.29 is 4.74 Å². The van der Waals surface area contributed by atoms with Gasteiger partial charge in [-0.2, -0.15) is 0 Å². The third-order valence-electron chi connectivity index (χ3n) is 6.14. The number of rotatable bonds is 3. The summed E-state index contributed by atoms with van der Waals surface area (Å²) in [5.41, 5.74) is 0.173. The highest BCUT2D eigenvalue weighted by Gasteiger charge is 2.39. The second-order valence-corrected chi connectivity index (χ2v) is 7.07.